The van der Waals surface area contributed by atoms with Crippen molar-refractivity contribution in [1.29, 1.82) is 0 Å². The molecule has 11 heavy (non-hydrogen) atoms. The van der Waals surface area contributed by atoms with Crippen LogP contribution in [0.2, 0.25) is 0 Å². The van der Waals surface area contributed by atoms with E-state index in [1.54, 1.807) is 0 Å². The largest absolute Gasteiger partial charge is 0.764 e. The lowest BCUT2D eigenvalue weighted by Gasteiger charge is -2.06. The second kappa shape index (κ2) is 6.33. The molecule has 0 rings (SSSR count). The molecule has 0 fully saturated rings. The van der Waals surface area contributed by atoms with E-state index in [0.29, 0.717) is 12.5 Å². The van der Waals surface area contributed by atoms with E-state index in [2.05, 4.69) is 18.3 Å². The summed E-state index contributed by atoms with van der Waals surface area (Å²) in [5, 5.41) is 0. The third-order valence-electron chi connectivity index (χ3n) is 1.76. The third-order valence-corrected chi connectivity index (χ3v) is 2.21. The minimum Gasteiger partial charge on any atom is -0.511 e. The van der Waals surface area contributed by atoms with Crippen molar-refractivity contribution < 1.29 is 13.7 Å². The molecule has 4 heteroatoms. The first-order chi connectivity index (χ1) is 5.16. The summed E-state index contributed by atoms with van der Waals surface area (Å²) < 4.78 is 14.6. The van der Waals surface area contributed by atoms with Gasteiger partial charge in [-0.25, -0.2) is 0 Å². The molecule has 0 aromatic heterocycles. The highest BCUT2D eigenvalue weighted by Gasteiger charge is 2.03. The van der Waals surface area contributed by atoms with Crippen molar-refractivity contribution in [1.82, 2.24) is 0 Å². The molecule has 0 radical (unpaired) electrons. The summed E-state index contributed by atoms with van der Waals surface area (Å²) >= 11 is 0. The van der Waals surface area contributed by atoms with Crippen LogP contribution in [0.4, 0.5) is 0 Å². The van der Waals surface area contributed by atoms with Crippen LogP contribution in [0, 0.1) is 5.92 Å². The molecule has 0 bridgehead atoms. The summed E-state index contributed by atoms with van der Waals surface area (Å²) in [4.78, 5) is 8.30. The van der Waals surface area contributed by atoms with Crippen LogP contribution in [0.25, 0.3) is 0 Å². The fourth-order valence-electron chi connectivity index (χ4n) is 0.795. The molecule has 0 aliphatic carbocycles. The highest BCUT2D eigenvalue weighted by molar-refractivity contribution is 6.24. The molecule has 0 aliphatic heterocycles. The van der Waals surface area contributed by atoms with Crippen molar-refractivity contribution in [2.75, 3.05) is 6.61 Å². The fraction of sp³-hybridized carbons (Fsp3) is 1.00. The van der Waals surface area contributed by atoms with Crippen LogP contribution >= 0.6 is 0 Å². The molecular weight excluding hydrogens is 160 g/mol. The van der Waals surface area contributed by atoms with Crippen LogP contribution < -0.4 is 0 Å². The van der Waals surface area contributed by atoms with Gasteiger partial charge in [-0.1, -0.05) is 20.3 Å². The second-order valence-electron chi connectivity index (χ2n) is 2.77. The molecule has 0 aliphatic rings. The van der Waals surface area contributed by atoms with Crippen molar-refractivity contribution in [3.05, 3.63) is 0 Å². The lowest BCUT2D eigenvalue weighted by Crippen LogP contribution is -2.07. The molecule has 66 valence electrons. The molecule has 0 heterocycles. The molecular formula is C7H16O3Si. The fourth-order valence-corrected chi connectivity index (χ4v) is 1.11. The lowest BCUT2D eigenvalue weighted by atomic mass is 10.0. The van der Waals surface area contributed by atoms with Crippen molar-refractivity contribution in [3.8, 4) is 0 Å². The zero-order valence-electron chi connectivity index (χ0n) is 7.17. The van der Waals surface area contributed by atoms with Gasteiger partial charge in [-0.15, -0.1) is 0 Å². The van der Waals surface area contributed by atoms with Crippen molar-refractivity contribution in [2.24, 2.45) is 5.92 Å². The van der Waals surface area contributed by atoms with E-state index in [0.717, 1.165) is 19.3 Å². The zero-order chi connectivity index (χ0) is 8.69. The van der Waals surface area contributed by atoms with Gasteiger partial charge in [0.1, 0.15) is 0 Å². The lowest BCUT2D eigenvalue weighted by molar-refractivity contribution is 0.214. The minimum absolute atomic E-state index is 0.415. The van der Waals surface area contributed by atoms with Gasteiger partial charge in [0.2, 0.25) is 0 Å². The maximum atomic E-state index is 10.1. The van der Waals surface area contributed by atoms with Gasteiger partial charge in [-0.3, -0.25) is 4.46 Å². The Hall–Kier alpha value is -0.383. The summed E-state index contributed by atoms with van der Waals surface area (Å²) in [7, 11) is -2.69. The smallest absolute Gasteiger partial charge is 0.511 e. The van der Waals surface area contributed by atoms with Crippen LogP contribution in [-0.2, 0) is 8.89 Å². The number of hydrogen-bond donors (Lipinski definition) is 1. The SMILES string of the molecule is CCC(C)CCCO[Si](=O)O. The van der Waals surface area contributed by atoms with E-state index in [4.69, 9.17) is 4.80 Å². The average Bonchev–Trinajstić information content (AvgIpc) is 1.97. The highest BCUT2D eigenvalue weighted by atomic mass is 28.3. The molecule has 0 amide bonds. The summed E-state index contributed by atoms with van der Waals surface area (Å²) in [6.07, 6.45) is 3.12. The van der Waals surface area contributed by atoms with Gasteiger partial charge in [0.15, 0.2) is 0 Å². The average molecular weight is 176 g/mol. The van der Waals surface area contributed by atoms with Gasteiger partial charge in [0.05, 0.1) is 6.61 Å². The van der Waals surface area contributed by atoms with Gasteiger partial charge >= 0.3 is 9.17 Å². The Labute approximate surface area is 69.3 Å². The standard InChI is InChI=1S/C7H16O3Si/c1-3-7(2)5-4-6-10-11(8)9/h7-8H,3-6H2,1-2H3. The number of rotatable bonds is 6. The van der Waals surface area contributed by atoms with E-state index in [1.165, 1.54) is 0 Å². The van der Waals surface area contributed by atoms with Crippen LogP contribution in [0.15, 0.2) is 0 Å². The maximum Gasteiger partial charge on any atom is 0.764 e. The van der Waals surface area contributed by atoms with Gasteiger partial charge in [-0.05, 0) is 18.8 Å². The van der Waals surface area contributed by atoms with Crippen LogP contribution in [0.1, 0.15) is 33.1 Å². The minimum atomic E-state index is -2.69. The van der Waals surface area contributed by atoms with Gasteiger partial charge in [0.25, 0.3) is 0 Å². The maximum absolute atomic E-state index is 10.1. The first kappa shape index (κ1) is 10.6. The van der Waals surface area contributed by atoms with Crippen LogP contribution in [-0.4, -0.2) is 20.6 Å². The predicted molar refractivity (Wildman–Crippen MR) is 43.3 cm³/mol. The summed E-state index contributed by atoms with van der Waals surface area (Å²) in [5.41, 5.74) is 0. The topological polar surface area (TPSA) is 46.5 Å². The van der Waals surface area contributed by atoms with Crippen molar-refractivity contribution >= 4 is 9.17 Å². The zero-order valence-corrected chi connectivity index (χ0v) is 8.17. The first-order valence-corrected chi connectivity index (χ1v) is 5.29. The quantitative estimate of drug-likeness (QED) is 0.489. The van der Waals surface area contributed by atoms with E-state index in [9.17, 15) is 4.46 Å². The summed E-state index contributed by atoms with van der Waals surface area (Å²) in [6.45, 7) is 4.72. The molecule has 3 nitrogen and oxygen atoms in total. The molecule has 1 N–H and O–H groups in total. The Morgan fingerprint density at radius 2 is 2.27 bits per heavy atom. The first-order valence-electron chi connectivity index (χ1n) is 4.02. The predicted octanol–water partition coefficient (Wildman–Crippen LogP) is 1.24. The van der Waals surface area contributed by atoms with E-state index >= 15 is 0 Å². The van der Waals surface area contributed by atoms with Crippen molar-refractivity contribution in [3.63, 3.8) is 0 Å². The van der Waals surface area contributed by atoms with E-state index in [-0.39, 0.29) is 0 Å². The molecule has 0 spiro atoms. The Kier molecular flexibility index (Phi) is 6.11. The van der Waals surface area contributed by atoms with Gasteiger partial charge < -0.3 is 9.22 Å². The van der Waals surface area contributed by atoms with E-state index in [1.807, 2.05) is 0 Å². The third kappa shape index (κ3) is 7.51. The Morgan fingerprint density at radius 3 is 2.73 bits per heavy atom. The molecule has 1 unspecified atom stereocenters. The number of hydrogen-bond acceptors (Lipinski definition) is 2. The highest BCUT2D eigenvalue weighted by Crippen LogP contribution is 2.08. The second-order valence-corrected chi connectivity index (χ2v) is 3.59. The molecule has 0 saturated carbocycles. The Balaban J connectivity index is 3.08. The van der Waals surface area contributed by atoms with E-state index < -0.39 is 9.17 Å². The molecule has 1 atom stereocenters. The molecule has 0 aromatic rings. The molecule has 0 saturated heterocycles. The van der Waals surface area contributed by atoms with Crippen LogP contribution in [0.3, 0.4) is 0 Å². The van der Waals surface area contributed by atoms with Gasteiger partial charge in [0, 0.05) is 0 Å². The molecule has 0 aromatic carbocycles. The summed E-state index contributed by atoms with van der Waals surface area (Å²) in [6, 6.07) is 0. The van der Waals surface area contributed by atoms with Crippen molar-refractivity contribution in [2.45, 2.75) is 33.1 Å². The summed E-state index contributed by atoms with van der Waals surface area (Å²) in [5.74, 6) is 0.694. The Bertz CT molecular complexity index is 116. The monoisotopic (exact) mass is 176 g/mol. The van der Waals surface area contributed by atoms with Gasteiger partial charge in [-0.2, -0.15) is 0 Å². The Morgan fingerprint density at radius 1 is 1.64 bits per heavy atom. The normalized spacial score (nSPS) is 12.5. The van der Waals surface area contributed by atoms with Crippen LogP contribution in [0.5, 0.6) is 0 Å².